The summed E-state index contributed by atoms with van der Waals surface area (Å²) >= 11 is 0. The van der Waals surface area contributed by atoms with Crippen molar-refractivity contribution in [1.29, 1.82) is 0 Å². The van der Waals surface area contributed by atoms with Crippen LogP contribution in [0.1, 0.15) is 21.6 Å². The first-order chi connectivity index (χ1) is 8.31. The highest BCUT2D eigenvalue weighted by Crippen LogP contribution is 2.27. The Kier molecular flexibility index (Phi) is 2.37. The van der Waals surface area contributed by atoms with Crippen LogP contribution in [0.4, 0.5) is 0 Å². The zero-order chi connectivity index (χ0) is 11.8. The van der Waals surface area contributed by atoms with Crippen LogP contribution in [0.2, 0.25) is 0 Å². The molecule has 4 heteroatoms. The number of rotatable bonds is 1. The zero-order valence-electron chi connectivity index (χ0n) is 9.67. The van der Waals surface area contributed by atoms with Gasteiger partial charge in [0.15, 0.2) is 0 Å². The van der Waals surface area contributed by atoms with Gasteiger partial charge in [0, 0.05) is 30.6 Å². The molecule has 1 aliphatic heterocycles. The second kappa shape index (κ2) is 3.89. The van der Waals surface area contributed by atoms with E-state index in [1.165, 1.54) is 18.4 Å². The number of carbonyl (C=O) groups excluding carboxylic acids is 1. The number of esters is 1. The normalized spacial score (nSPS) is 14.6. The third kappa shape index (κ3) is 1.52. The highest BCUT2D eigenvalue weighted by atomic mass is 16.5. The molecule has 0 saturated carbocycles. The van der Waals surface area contributed by atoms with Gasteiger partial charge in [-0.15, -0.1) is 0 Å². The molecule has 1 aliphatic rings. The van der Waals surface area contributed by atoms with E-state index in [9.17, 15) is 4.79 Å². The number of benzene rings is 1. The van der Waals surface area contributed by atoms with Gasteiger partial charge >= 0.3 is 5.97 Å². The maximum absolute atomic E-state index is 11.7. The summed E-state index contributed by atoms with van der Waals surface area (Å²) in [5.41, 5.74) is 4.01. The smallest absolute Gasteiger partial charge is 0.339 e. The second-order valence-electron chi connectivity index (χ2n) is 4.23. The summed E-state index contributed by atoms with van der Waals surface area (Å²) < 4.78 is 4.80. The van der Waals surface area contributed by atoms with Gasteiger partial charge in [0.25, 0.3) is 0 Å². The van der Waals surface area contributed by atoms with Crippen LogP contribution in [-0.4, -0.2) is 24.6 Å². The maximum atomic E-state index is 11.7. The number of nitrogens with one attached hydrogen (secondary N) is 2. The second-order valence-corrected chi connectivity index (χ2v) is 4.23. The summed E-state index contributed by atoms with van der Waals surface area (Å²) in [5, 5.41) is 4.47. The van der Waals surface area contributed by atoms with Crippen LogP contribution in [0.3, 0.4) is 0 Å². The van der Waals surface area contributed by atoms with E-state index in [1.54, 1.807) is 6.07 Å². The molecule has 0 saturated heterocycles. The van der Waals surface area contributed by atoms with E-state index in [1.807, 2.05) is 12.1 Å². The van der Waals surface area contributed by atoms with Crippen molar-refractivity contribution in [2.75, 3.05) is 13.7 Å². The molecular weight excluding hydrogens is 216 g/mol. The molecule has 0 amide bonds. The number of hydrogen-bond acceptors (Lipinski definition) is 3. The minimum atomic E-state index is -0.290. The van der Waals surface area contributed by atoms with E-state index >= 15 is 0 Å². The molecule has 3 rings (SSSR count). The molecule has 0 atom stereocenters. The molecule has 2 heterocycles. The van der Waals surface area contributed by atoms with Crippen molar-refractivity contribution in [3.05, 3.63) is 35.0 Å². The van der Waals surface area contributed by atoms with E-state index in [-0.39, 0.29) is 5.97 Å². The number of H-pyrrole nitrogens is 1. The fourth-order valence-corrected chi connectivity index (χ4v) is 2.45. The fraction of sp³-hybridized carbons (Fsp3) is 0.308. The van der Waals surface area contributed by atoms with Gasteiger partial charge in [-0.3, -0.25) is 0 Å². The quantitative estimate of drug-likeness (QED) is 0.732. The molecule has 0 radical (unpaired) electrons. The van der Waals surface area contributed by atoms with E-state index in [0.29, 0.717) is 5.56 Å². The third-order valence-corrected chi connectivity index (χ3v) is 3.29. The Balaban J connectivity index is 2.26. The lowest BCUT2D eigenvalue weighted by Gasteiger charge is -2.12. The fourth-order valence-electron chi connectivity index (χ4n) is 2.45. The molecule has 1 aromatic heterocycles. The first kappa shape index (κ1) is 10.4. The van der Waals surface area contributed by atoms with E-state index in [2.05, 4.69) is 10.3 Å². The summed E-state index contributed by atoms with van der Waals surface area (Å²) in [4.78, 5) is 15.0. The molecule has 17 heavy (non-hydrogen) atoms. The number of para-hydroxylation sites is 1. The number of aromatic amines is 1. The molecule has 0 fully saturated rings. The number of methoxy groups -OCH3 is 1. The van der Waals surface area contributed by atoms with Crippen molar-refractivity contribution in [3.8, 4) is 0 Å². The Hall–Kier alpha value is -1.81. The molecular formula is C13H14N2O2. The summed E-state index contributed by atoms with van der Waals surface area (Å²) in [7, 11) is 1.41. The highest BCUT2D eigenvalue weighted by molar-refractivity contribution is 6.04. The van der Waals surface area contributed by atoms with E-state index in [4.69, 9.17) is 4.74 Å². The predicted octanol–water partition coefficient (Wildman–Crippen LogP) is 1.60. The van der Waals surface area contributed by atoms with Crippen molar-refractivity contribution in [2.45, 2.75) is 13.0 Å². The van der Waals surface area contributed by atoms with Crippen LogP contribution in [0.25, 0.3) is 10.9 Å². The monoisotopic (exact) mass is 230 g/mol. The van der Waals surface area contributed by atoms with Crippen molar-refractivity contribution >= 4 is 16.9 Å². The first-order valence-corrected chi connectivity index (χ1v) is 5.72. The predicted molar refractivity (Wildman–Crippen MR) is 65.0 cm³/mol. The van der Waals surface area contributed by atoms with Gasteiger partial charge in [-0.25, -0.2) is 4.79 Å². The molecule has 4 nitrogen and oxygen atoms in total. The molecule has 2 N–H and O–H groups in total. The van der Waals surface area contributed by atoms with Gasteiger partial charge in [0.2, 0.25) is 0 Å². The molecule has 0 bridgehead atoms. The lowest BCUT2D eigenvalue weighted by Crippen LogP contribution is -2.22. The van der Waals surface area contributed by atoms with Crippen LogP contribution in [-0.2, 0) is 17.7 Å². The Morgan fingerprint density at radius 1 is 1.41 bits per heavy atom. The third-order valence-electron chi connectivity index (χ3n) is 3.29. The Morgan fingerprint density at radius 2 is 2.29 bits per heavy atom. The van der Waals surface area contributed by atoms with Crippen LogP contribution >= 0.6 is 0 Å². The van der Waals surface area contributed by atoms with Gasteiger partial charge in [0.05, 0.1) is 18.2 Å². The summed E-state index contributed by atoms with van der Waals surface area (Å²) in [5.74, 6) is -0.290. The number of aromatic nitrogens is 1. The van der Waals surface area contributed by atoms with Gasteiger partial charge in [-0.1, -0.05) is 12.1 Å². The first-order valence-electron chi connectivity index (χ1n) is 5.72. The van der Waals surface area contributed by atoms with Gasteiger partial charge < -0.3 is 15.0 Å². The number of carbonyl (C=O) groups is 1. The molecule has 0 spiro atoms. The average molecular weight is 230 g/mol. The van der Waals surface area contributed by atoms with Crippen molar-refractivity contribution in [2.24, 2.45) is 0 Å². The molecule has 88 valence electrons. The minimum absolute atomic E-state index is 0.290. The van der Waals surface area contributed by atoms with Gasteiger partial charge in [-0.05, 0) is 11.6 Å². The minimum Gasteiger partial charge on any atom is -0.465 e. The Bertz CT molecular complexity index is 586. The lowest BCUT2D eigenvalue weighted by atomic mass is 10.0. The summed E-state index contributed by atoms with van der Waals surface area (Å²) in [6.07, 6.45) is 0.977. The molecule has 1 aromatic carbocycles. The van der Waals surface area contributed by atoms with Gasteiger partial charge in [0.1, 0.15) is 0 Å². The van der Waals surface area contributed by atoms with Crippen molar-refractivity contribution < 1.29 is 9.53 Å². The maximum Gasteiger partial charge on any atom is 0.339 e. The van der Waals surface area contributed by atoms with Crippen LogP contribution < -0.4 is 5.32 Å². The van der Waals surface area contributed by atoms with Crippen molar-refractivity contribution in [1.82, 2.24) is 10.3 Å². The van der Waals surface area contributed by atoms with Crippen LogP contribution in [0, 0.1) is 0 Å². The van der Waals surface area contributed by atoms with E-state index in [0.717, 1.165) is 30.4 Å². The Labute approximate surface area is 99.0 Å². The largest absolute Gasteiger partial charge is 0.465 e. The highest BCUT2D eigenvalue weighted by Gasteiger charge is 2.18. The van der Waals surface area contributed by atoms with Gasteiger partial charge in [-0.2, -0.15) is 0 Å². The SMILES string of the molecule is COC(=O)c1cccc2c3c([nH]c12)CCNC3. The molecule has 2 aromatic rings. The lowest BCUT2D eigenvalue weighted by molar-refractivity contribution is 0.0603. The van der Waals surface area contributed by atoms with Crippen molar-refractivity contribution in [3.63, 3.8) is 0 Å². The topological polar surface area (TPSA) is 54.1 Å². The summed E-state index contributed by atoms with van der Waals surface area (Å²) in [6, 6.07) is 5.74. The van der Waals surface area contributed by atoms with Crippen LogP contribution in [0.15, 0.2) is 18.2 Å². The molecule has 0 unspecified atom stereocenters. The number of fused-ring (bicyclic) bond motifs is 3. The van der Waals surface area contributed by atoms with Crippen LogP contribution in [0.5, 0.6) is 0 Å². The van der Waals surface area contributed by atoms with E-state index < -0.39 is 0 Å². The zero-order valence-corrected chi connectivity index (χ0v) is 9.67. The molecule has 0 aliphatic carbocycles. The number of hydrogen-bond donors (Lipinski definition) is 2. The summed E-state index contributed by atoms with van der Waals surface area (Å²) in [6.45, 7) is 1.84. The average Bonchev–Trinajstić information content (AvgIpc) is 2.76. The Morgan fingerprint density at radius 3 is 3.12 bits per heavy atom. The standard InChI is InChI=1S/C13H14N2O2/c1-17-13(16)9-4-2-3-8-10-7-14-6-5-11(10)15-12(8)9/h2-4,14-15H,5-7H2,1H3. The number of ether oxygens (including phenoxy) is 1.